The van der Waals surface area contributed by atoms with Crippen LogP contribution in [0.1, 0.15) is 35.7 Å². The Bertz CT molecular complexity index is 885. The molecule has 0 aliphatic rings. The molecule has 2 heterocycles. The first-order valence-electron chi connectivity index (χ1n) is 7.85. The molecule has 0 bridgehead atoms. The fourth-order valence-corrected chi connectivity index (χ4v) is 4.61. The third-order valence-corrected chi connectivity index (χ3v) is 6.41. The van der Waals surface area contributed by atoms with E-state index in [-0.39, 0.29) is 10.1 Å². The number of carbonyl (C=O) groups excluding carboxylic acids is 2. The molecule has 0 aliphatic heterocycles. The fourth-order valence-electron chi connectivity index (χ4n) is 2.25. The summed E-state index contributed by atoms with van der Waals surface area (Å²) in [6, 6.07) is 3.57. The summed E-state index contributed by atoms with van der Waals surface area (Å²) >= 11 is 1.05. The van der Waals surface area contributed by atoms with Crippen LogP contribution >= 0.6 is 11.3 Å². The van der Waals surface area contributed by atoms with Crippen LogP contribution in [0.25, 0.3) is 0 Å². The second-order valence-corrected chi connectivity index (χ2v) is 8.93. The van der Waals surface area contributed by atoms with E-state index in [0.717, 1.165) is 11.3 Å². The number of hydrogen-bond donors (Lipinski definition) is 3. The SMILES string of the molecule is Cc1cc(C(=O)NNC(=O)[C@@H](NS(=O)(=O)c2cccs2)C(C)C)c(C)o1. The van der Waals surface area contributed by atoms with E-state index in [4.69, 9.17) is 4.42 Å². The summed E-state index contributed by atoms with van der Waals surface area (Å²) in [5.41, 5.74) is 4.84. The number of rotatable bonds is 6. The topological polar surface area (TPSA) is 118 Å². The first-order chi connectivity index (χ1) is 12.1. The predicted molar refractivity (Wildman–Crippen MR) is 97.1 cm³/mol. The van der Waals surface area contributed by atoms with Crippen molar-refractivity contribution in [2.75, 3.05) is 0 Å². The number of hydrogen-bond acceptors (Lipinski definition) is 6. The highest BCUT2D eigenvalue weighted by molar-refractivity contribution is 7.91. The first-order valence-corrected chi connectivity index (χ1v) is 10.2. The Kier molecular flexibility index (Phi) is 6.21. The molecule has 0 radical (unpaired) electrons. The van der Waals surface area contributed by atoms with Crippen LogP contribution in [0.4, 0.5) is 0 Å². The number of amides is 2. The largest absolute Gasteiger partial charge is 0.466 e. The molecule has 8 nitrogen and oxygen atoms in total. The van der Waals surface area contributed by atoms with Gasteiger partial charge in [-0.25, -0.2) is 8.42 Å². The molecule has 10 heteroatoms. The average Bonchev–Trinajstić information content (AvgIpc) is 3.20. The van der Waals surface area contributed by atoms with Gasteiger partial charge >= 0.3 is 0 Å². The van der Waals surface area contributed by atoms with Crippen molar-refractivity contribution in [2.45, 2.75) is 37.9 Å². The minimum Gasteiger partial charge on any atom is -0.466 e. The number of carbonyl (C=O) groups is 2. The summed E-state index contributed by atoms with van der Waals surface area (Å²) in [5, 5.41) is 1.63. The van der Waals surface area contributed by atoms with E-state index < -0.39 is 27.9 Å². The van der Waals surface area contributed by atoms with Crippen molar-refractivity contribution < 1.29 is 22.4 Å². The Morgan fingerprint density at radius 3 is 2.38 bits per heavy atom. The number of furan rings is 1. The van der Waals surface area contributed by atoms with E-state index in [2.05, 4.69) is 15.6 Å². The molecular formula is C16H21N3O5S2. The van der Waals surface area contributed by atoms with Crippen molar-refractivity contribution in [1.29, 1.82) is 0 Å². The summed E-state index contributed by atoms with van der Waals surface area (Å²) in [5.74, 6) is -0.544. The van der Waals surface area contributed by atoms with Gasteiger partial charge in [-0.3, -0.25) is 20.4 Å². The molecule has 0 spiro atoms. The van der Waals surface area contributed by atoms with Crippen molar-refractivity contribution in [1.82, 2.24) is 15.6 Å². The molecule has 2 amide bonds. The summed E-state index contributed by atoms with van der Waals surface area (Å²) in [6.45, 7) is 6.74. The van der Waals surface area contributed by atoms with Gasteiger partial charge in [0.2, 0.25) is 0 Å². The van der Waals surface area contributed by atoms with Gasteiger partial charge in [0.25, 0.3) is 21.8 Å². The Morgan fingerprint density at radius 1 is 1.19 bits per heavy atom. The van der Waals surface area contributed by atoms with Crippen molar-refractivity contribution in [3.05, 3.63) is 40.7 Å². The normalized spacial score (nSPS) is 12.8. The number of hydrazine groups is 1. The quantitative estimate of drug-likeness (QED) is 0.640. The first kappa shape index (κ1) is 20.1. The molecule has 3 N–H and O–H groups in total. The highest BCUT2D eigenvalue weighted by atomic mass is 32.2. The van der Waals surface area contributed by atoms with Crippen LogP contribution in [0.15, 0.2) is 32.2 Å². The van der Waals surface area contributed by atoms with Gasteiger partial charge in [-0.1, -0.05) is 19.9 Å². The summed E-state index contributed by atoms with van der Waals surface area (Å²) in [7, 11) is -3.82. The third-order valence-electron chi connectivity index (χ3n) is 3.58. The maximum atomic E-state index is 12.4. The Balaban J connectivity index is 2.05. The Morgan fingerprint density at radius 2 is 1.88 bits per heavy atom. The van der Waals surface area contributed by atoms with Crippen molar-refractivity contribution in [2.24, 2.45) is 5.92 Å². The molecule has 0 fully saturated rings. The molecule has 0 saturated heterocycles. The van der Waals surface area contributed by atoms with Gasteiger partial charge in [-0.2, -0.15) is 4.72 Å². The van der Waals surface area contributed by atoms with Gasteiger partial charge < -0.3 is 4.42 Å². The van der Waals surface area contributed by atoms with Gasteiger partial charge in [0.15, 0.2) is 0 Å². The molecular weight excluding hydrogens is 378 g/mol. The zero-order chi connectivity index (χ0) is 19.5. The lowest BCUT2D eigenvalue weighted by atomic mass is 10.1. The van der Waals surface area contributed by atoms with Gasteiger partial charge in [-0.15, -0.1) is 11.3 Å². The molecule has 26 heavy (non-hydrogen) atoms. The number of sulfonamides is 1. The van der Waals surface area contributed by atoms with E-state index >= 15 is 0 Å². The van der Waals surface area contributed by atoms with E-state index in [1.165, 1.54) is 6.07 Å². The maximum Gasteiger partial charge on any atom is 0.273 e. The molecule has 0 saturated carbocycles. The van der Waals surface area contributed by atoms with Crippen molar-refractivity contribution in [3.8, 4) is 0 Å². The molecule has 0 aliphatic carbocycles. The number of thiophene rings is 1. The van der Waals surface area contributed by atoms with Crippen LogP contribution in [-0.2, 0) is 14.8 Å². The van der Waals surface area contributed by atoms with E-state index in [0.29, 0.717) is 17.1 Å². The minimum absolute atomic E-state index is 0.115. The highest BCUT2D eigenvalue weighted by Gasteiger charge is 2.29. The third kappa shape index (κ3) is 4.71. The standard InChI is InChI=1S/C16H21N3O5S2/c1-9(2)14(19-26(22,23)13-6-5-7-25-13)16(21)18-17-15(20)12-8-10(3)24-11(12)4/h5-9,14,19H,1-4H3,(H,17,20)(H,18,21)/t14-/m0/s1. The van der Waals surface area contributed by atoms with Crippen LogP contribution in [0, 0.1) is 19.8 Å². The second kappa shape index (κ2) is 8.02. The Labute approximate surface area is 156 Å². The van der Waals surface area contributed by atoms with Crippen LogP contribution in [0.2, 0.25) is 0 Å². The number of nitrogens with one attached hydrogen (secondary N) is 3. The lowest BCUT2D eigenvalue weighted by Crippen LogP contribution is -2.54. The van der Waals surface area contributed by atoms with Crippen molar-refractivity contribution in [3.63, 3.8) is 0 Å². The summed E-state index contributed by atoms with van der Waals surface area (Å²) < 4.78 is 32.4. The second-order valence-electron chi connectivity index (χ2n) is 6.05. The molecule has 0 unspecified atom stereocenters. The average molecular weight is 399 g/mol. The van der Waals surface area contributed by atoms with Crippen LogP contribution < -0.4 is 15.6 Å². The highest BCUT2D eigenvalue weighted by Crippen LogP contribution is 2.17. The Hall–Kier alpha value is -2.17. The molecule has 2 aromatic heterocycles. The van der Waals surface area contributed by atoms with Gasteiger partial charge in [-0.05, 0) is 37.3 Å². The van der Waals surface area contributed by atoms with Crippen LogP contribution in [0.3, 0.4) is 0 Å². The number of aryl methyl sites for hydroxylation is 2. The van der Waals surface area contributed by atoms with E-state index in [1.807, 2.05) is 0 Å². The molecule has 2 rings (SSSR count). The van der Waals surface area contributed by atoms with Gasteiger partial charge in [0.1, 0.15) is 21.8 Å². The van der Waals surface area contributed by atoms with Gasteiger partial charge in [0.05, 0.1) is 5.56 Å². The van der Waals surface area contributed by atoms with Gasteiger partial charge in [0, 0.05) is 0 Å². The maximum absolute atomic E-state index is 12.4. The van der Waals surface area contributed by atoms with Crippen LogP contribution in [-0.4, -0.2) is 26.3 Å². The van der Waals surface area contributed by atoms with Crippen molar-refractivity contribution >= 4 is 33.2 Å². The predicted octanol–water partition coefficient (Wildman–Crippen LogP) is 1.72. The lowest BCUT2D eigenvalue weighted by molar-refractivity contribution is -0.124. The molecule has 1 atom stereocenters. The summed E-state index contributed by atoms with van der Waals surface area (Å²) in [4.78, 5) is 24.5. The molecule has 142 valence electrons. The van der Waals surface area contributed by atoms with Crippen LogP contribution in [0.5, 0.6) is 0 Å². The smallest absolute Gasteiger partial charge is 0.273 e. The zero-order valence-electron chi connectivity index (χ0n) is 14.8. The lowest BCUT2D eigenvalue weighted by Gasteiger charge is -2.21. The summed E-state index contributed by atoms with van der Waals surface area (Å²) in [6.07, 6.45) is 0. The minimum atomic E-state index is -3.82. The van der Waals surface area contributed by atoms with E-state index in [9.17, 15) is 18.0 Å². The fraction of sp³-hybridized carbons (Fsp3) is 0.375. The molecule has 2 aromatic rings. The monoisotopic (exact) mass is 399 g/mol. The zero-order valence-corrected chi connectivity index (χ0v) is 16.5. The van der Waals surface area contributed by atoms with E-state index in [1.54, 1.807) is 45.2 Å². The molecule has 0 aromatic carbocycles.